The number of hydrogen-bond donors (Lipinski definition) is 2. The predicted octanol–water partition coefficient (Wildman–Crippen LogP) is 2.02. The first-order valence-corrected chi connectivity index (χ1v) is 10.1. The number of para-hydroxylation sites is 1. The van der Waals surface area contributed by atoms with Crippen LogP contribution in [0.3, 0.4) is 0 Å². The lowest BCUT2D eigenvalue weighted by atomic mass is 9.86. The van der Waals surface area contributed by atoms with Crippen molar-refractivity contribution in [3.05, 3.63) is 30.3 Å². The van der Waals surface area contributed by atoms with Gasteiger partial charge in [-0.3, -0.25) is 14.4 Å². The molecule has 3 rings (SSSR count). The van der Waals surface area contributed by atoms with Crippen LogP contribution in [0.15, 0.2) is 30.3 Å². The highest BCUT2D eigenvalue weighted by Crippen LogP contribution is 2.30. The van der Waals surface area contributed by atoms with Gasteiger partial charge in [-0.05, 0) is 37.8 Å². The van der Waals surface area contributed by atoms with Crippen molar-refractivity contribution in [2.45, 2.75) is 50.5 Å². The van der Waals surface area contributed by atoms with Crippen LogP contribution in [0.5, 0.6) is 0 Å². The van der Waals surface area contributed by atoms with Crippen molar-refractivity contribution < 1.29 is 19.5 Å². The number of nitrogens with one attached hydrogen (secondary N) is 1. The molecule has 2 saturated heterocycles. The minimum absolute atomic E-state index is 0.00419. The molecule has 2 N–H and O–H groups in total. The molecule has 1 aromatic rings. The van der Waals surface area contributed by atoms with Crippen molar-refractivity contribution in [3.63, 3.8) is 0 Å². The molecule has 0 radical (unpaired) electrons. The fourth-order valence-corrected chi connectivity index (χ4v) is 4.19. The highest BCUT2D eigenvalue weighted by Gasteiger charge is 2.38. The molecule has 0 saturated carbocycles. The van der Waals surface area contributed by atoms with E-state index in [0.29, 0.717) is 38.6 Å². The van der Waals surface area contributed by atoms with Gasteiger partial charge in [-0.15, -0.1) is 0 Å². The molecule has 2 aliphatic rings. The fourth-order valence-electron chi connectivity index (χ4n) is 4.19. The first kappa shape index (κ1) is 20.2. The average Bonchev–Trinajstić information content (AvgIpc) is 2.91. The van der Waals surface area contributed by atoms with Crippen molar-refractivity contribution in [1.82, 2.24) is 10.2 Å². The molecule has 0 bridgehead atoms. The third-order valence-corrected chi connectivity index (χ3v) is 5.84. The number of hydrogen-bond acceptors (Lipinski definition) is 4. The Balaban J connectivity index is 1.53. The summed E-state index contributed by atoms with van der Waals surface area (Å²) in [5.41, 5.74) is 0.630. The SMILES string of the molecule is O=C(O)CC[C@@]1(CCC(=O)N2CCCN(c3ccccc3)CC2)CCC(=O)N1. The summed E-state index contributed by atoms with van der Waals surface area (Å²) in [4.78, 5) is 39.7. The van der Waals surface area contributed by atoms with Crippen LogP contribution in [0, 0.1) is 0 Å². The third kappa shape index (κ3) is 5.24. The molecule has 152 valence electrons. The first-order chi connectivity index (χ1) is 13.5. The first-order valence-electron chi connectivity index (χ1n) is 10.1. The standard InChI is InChI=1S/C21H29N3O4/c25-18-7-10-21(22-18,12-9-20(27)28)11-8-19(26)24-14-4-13-23(15-16-24)17-5-2-1-3-6-17/h1-3,5-6H,4,7-16H2,(H,22,25)(H,27,28)/t21-/m0/s1. The zero-order chi connectivity index (χ0) is 20.0. The molecule has 7 nitrogen and oxygen atoms in total. The number of nitrogens with zero attached hydrogens (tertiary/aromatic N) is 2. The quantitative estimate of drug-likeness (QED) is 0.747. The minimum Gasteiger partial charge on any atom is -0.481 e. The molecule has 1 atom stereocenters. The highest BCUT2D eigenvalue weighted by molar-refractivity contribution is 5.80. The molecule has 0 aliphatic carbocycles. The van der Waals surface area contributed by atoms with E-state index in [1.807, 2.05) is 23.1 Å². The molecule has 28 heavy (non-hydrogen) atoms. The Hall–Kier alpha value is -2.57. The molecule has 2 heterocycles. The van der Waals surface area contributed by atoms with Crippen LogP contribution in [0.1, 0.15) is 44.9 Å². The van der Waals surface area contributed by atoms with Gasteiger partial charge in [0.15, 0.2) is 0 Å². The lowest BCUT2D eigenvalue weighted by Gasteiger charge is -2.30. The molecule has 2 fully saturated rings. The Morgan fingerprint density at radius 1 is 1.04 bits per heavy atom. The molecule has 0 unspecified atom stereocenters. The van der Waals surface area contributed by atoms with Gasteiger partial charge in [0.2, 0.25) is 11.8 Å². The van der Waals surface area contributed by atoms with E-state index in [0.717, 1.165) is 26.1 Å². The second kappa shape index (κ2) is 9.08. The number of anilines is 1. The predicted molar refractivity (Wildman–Crippen MR) is 106 cm³/mol. The normalized spacial score (nSPS) is 22.6. The van der Waals surface area contributed by atoms with Crippen LogP contribution in [-0.4, -0.2) is 59.5 Å². The summed E-state index contributed by atoms with van der Waals surface area (Å²) in [5, 5.41) is 11.9. The van der Waals surface area contributed by atoms with Gasteiger partial charge in [-0.25, -0.2) is 0 Å². The number of carboxylic acids is 1. The maximum Gasteiger partial charge on any atom is 0.303 e. The topological polar surface area (TPSA) is 90.0 Å². The summed E-state index contributed by atoms with van der Waals surface area (Å²) in [5.74, 6) is -0.836. The third-order valence-electron chi connectivity index (χ3n) is 5.84. The molecule has 2 amide bonds. The van der Waals surface area contributed by atoms with Crippen LogP contribution in [0.25, 0.3) is 0 Å². The second-order valence-electron chi connectivity index (χ2n) is 7.78. The van der Waals surface area contributed by atoms with E-state index in [9.17, 15) is 14.4 Å². The van der Waals surface area contributed by atoms with E-state index >= 15 is 0 Å². The maximum atomic E-state index is 12.8. The van der Waals surface area contributed by atoms with E-state index in [1.165, 1.54) is 5.69 Å². The molecule has 0 aromatic heterocycles. The number of carbonyl (C=O) groups excluding carboxylic acids is 2. The zero-order valence-electron chi connectivity index (χ0n) is 16.2. The Kier molecular flexibility index (Phi) is 6.54. The van der Waals surface area contributed by atoms with E-state index in [4.69, 9.17) is 5.11 Å². The highest BCUT2D eigenvalue weighted by atomic mass is 16.4. The fraction of sp³-hybridized carbons (Fsp3) is 0.571. The van der Waals surface area contributed by atoms with Gasteiger partial charge >= 0.3 is 5.97 Å². The van der Waals surface area contributed by atoms with E-state index in [-0.39, 0.29) is 18.2 Å². The number of aliphatic carboxylic acids is 1. The molecule has 0 spiro atoms. The van der Waals surface area contributed by atoms with Crippen LogP contribution in [0.2, 0.25) is 0 Å². The number of benzene rings is 1. The maximum absolute atomic E-state index is 12.8. The molecular formula is C21H29N3O4. The summed E-state index contributed by atoms with van der Waals surface area (Å²) in [6.45, 7) is 3.14. The van der Waals surface area contributed by atoms with Crippen molar-refractivity contribution >= 4 is 23.5 Å². The van der Waals surface area contributed by atoms with Gasteiger partial charge in [-0.1, -0.05) is 18.2 Å². The summed E-state index contributed by atoms with van der Waals surface area (Å²) in [7, 11) is 0. The van der Waals surface area contributed by atoms with Crippen LogP contribution < -0.4 is 10.2 Å². The molecule has 7 heteroatoms. The summed E-state index contributed by atoms with van der Waals surface area (Å²) >= 11 is 0. The Morgan fingerprint density at radius 3 is 2.46 bits per heavy atom. The van der Waals surface area contributed by atoms with Crippen molar-refractivity contribution in [1.29, 1.82) is 0 Å². The van der Waals surface area contributed by atoms with E-state index in [2.05, 4.69) is 22.3 Å². The van der Waals surface area contributed by atoms with Gasteiger partial charge < -0.3 is 20.2 Å². The number of carbonyl (C=O) groups is 3. The van der Waals surface area contributed by atoms with Gasteiger partial charge in [-0.2, -0.15) is 0 Å². The second-order valence-corrected chi connectivity index (χ2v) is 7.78. The largest absolute Gasteiger partial charge is 0.481 e. The summed E-state index contributed by atoms with van der Waals surface area (Å²) < 4.78 is 0. The van der Waals surface area contributed by atoms with Gasteiger partial charge in [0.1, 0.15) is 0 Å². The Morgan fingerprint density at radius 2 is 1.79 bits per heavy atom. The van der Waals surface area contributed by atoms with Gasteiger partial charge in [0, 0.05) is 56.7 Å². The average molecular weight is 387 g/mol. The zero-order valence-corrected chi connectivity index (χ0v) is 16.2. The van der Waals surface area contributed by atoms with Crippen molar-refractivity contribution in [2.24, 2.45) is 0 Å². The van der Waals surface area contributed by atoms with Crippen LogP contribution in [0.4, 0.5) is 5.69 Å². The van der Waals surface area contributed by atoms with Gasteiger partial charge in [0.05, 0.1) is 0 Å². The Bertz CT molecular complexity index is 709. The number of amides is 2. The number of rotatable bonds is 7. The van der Waals surface area contributed by atoms with E-state index in [1.54, 1.807) is 0 Å². The smallest absolute Gasteiger partial charge is 0.303 e. The number of carboxylic acid groups (broad SMARTS) is 1. The van der Waals surface area contributed by atoms with Crippen molar-refractivity contribution in [3.8, 4) is 0 Å². The van der Waals surface area contributed by atoms with Gasteiger partial charge in [0.25, 0.3) is 0 Å². The summed E-state index contributed by atoms with van der Waals surface area (Å²) in [6, 6.07) is 10.2. The monoisotopic (exact) mass is 387 g/mol. The molecule has 2 aliphatic heterocycles. The minimum atomic E-state index is -0.875. The van der Waals surface area contributed by atoms with E-state index < -0.39 is 11.5 Å². The molecule has 1 aromatic carbocycles. The lowest BCUT2D eigenvalue weighted by Crippen LogP contribution is -2.43. The van der Waals surface area contributed by atoms with Crippen molar-refractivity contribution in [2.75, 3.05) is 31.1 Å². The lowest BCUT2D eigenvalue weighted by molar-refractivity contribution is -0.137. The summed E-state index contributed by atoms with van der Waals surface area (Å²) in [6.07, 6.45) is 3.15. The van der Waals surface area contributed by atoms with Crippen LogP contribution >= 0.6 is 0 Å². The van der Waals surface area contributed by atoms with Crippen LogP contribution in [-0.2, 0) is 14.4 Å². The molecular weight excluding hydrogens is 358 g/mol. The Labute approximate surface area is 165 Å².